The van der Waals surface area contributed by atoms with Crippen LogP contribution in [0, 0.1) is 0 Å². The van der Waals surface area contributed by atoms with Gasteiger partial charge in [-0.2, -0.15) is 0 Å². The van der Waals surface area contributed by atoms with Gasteiger partial charge in [0.15, 0.2) is 0 Å². The van der Waals surface area contributed by atoms with Crippen molar-refractivity contribution in [1.29, 1.82) is 0 Å². The Morgan fingerprint density at radius 2 is 2.31 bits per heavy atom. The first kappa shape index (κ1) is 7.79. The maximum Gasteiger partial charge on any atom is 0.412 e. The van der Waals surface area contributed by atoms with E-state index >= 15 is 0 Å². The molecule has 1 aliphatic heterocycles. The second-order valence-corrected chi connectivity index (χ2v) is 2.73. The summed E-state index contributed by atoms with van der Waals surface area (Å²) in [4.78, 5) is 21.2. The fourth-order valence-corrected chi connectivity index (χ4v) is 1.19. The third-order valence-electron chi connectivity index (χ3n) is 1.85. The number of carbonyl (C=O) groups is 2. The van der Waals surface area contributed by atoms with Gasteiger partial charge >= 0.3 is 6.09 Å². The Kier molecular flexibility index (Phi) is 1.73. The fourth-order valence-electron chi connectivity index (χ4n) is 1.19. The second kappa shape index (κ2) is 2.90. The number of hydrogen-bond acceptors (Lipinski definition) is 3. The molecule has 13 heavy (non-hydrogen) atoms. The number of aldehydes is 1. The lowest BCUT2D eigenvalue weighted by Gasteiger charge is -2.16. The van der Waals surface area contributed by atoms with Crippen LogP contribution < -0.4 is 10.1 Å². The highest BCUT2D eigenvalue weighted by Gasteiger charge is 2.15. The Hall–Kier alpha value is -1.84. The summed E-state index contributed by atoms with van der Waals surface area (Å²) in [6.45, 7) is 0.452. The van der Waals surface area contributed by atoms with Crippen LogP contribution in [0.25, 0.3) is 0 Å². The van der Waals surface area contributed by atoms with Crippen molar-refractivity contribution in [2.75, 3.05) is 0 Å². The molecular weight excluding hydrogens is 170 g/mol. The van der Waals surface area contributed by atoms with Gasteiger partial charge in [-0.05, 0) is 6.07 Å². The molecule has 0 saturated carbocycles. The van der Waals surface area contributed by atoms with Gasteiger partial charge in [-0.25, -0.2) is 4.79 Å². The van der Waals surface area contributed by atoms with E-state index in [1.165, 1.54) is 0 Å². The van der Waals surface area contributed by atoms with Crippen LogP contribution >= 0.6 is 0 Å². The SMILES string of the molecule is O=Cc1ccc2c(c1)OC(=O)NC2. The van der Waals surface area contributed by atoms with Crippen LogP contribution in [-0.2, 0) is 6.54 Å². The van der Waals surface area contributed by atoms with Crippen molar-refractivity contribution in [2.45, 2.75) is 6.54 Å². The van der Waals surface area contributed by atoms with E-state index in [4.69, 9.17) is 4.74 Å². The fraction of sp³-hybridized carbons (Fsp3) is 0.111. The maximum absolute atomic E-state index is 10.8. The standard InChI is InChI=1S/C9H7NO3/c11-5-6-1-2-7-4-10-9(12)13-8(7)3-6/h1-3,5H,4H2,(H,10,12). The average Bonchev–Trinajstić information content (AvgIpc) is 2.16. The van der Waals surface area contributed by atoms with Crippen molar-refractivity contribution in [2.24, 2.45) is 0 Å². The zero-order chi connectivity index (χ0) is 9.26. The molecule has 1 N–H and O–H groups in total. The maximum atomic E-state index is 10.8. The van der Waals surface area contributed by atoms with Crippen LogP contribution in [-0.4, -0.2) is 12.4 Å². The number of fused-ring (bicyclic) bond motifs is 1. The molecule has 4 nitrogen and oxygen atoms in total. The summed E-state index contributed by atoms with van der Waals surface area (Å²) in [6.07, 6.45) is 0.242. The Morgan fingerprint density at radius 1 is 1.46 bits per heavy atom. The van der Waals surface area contributed by atoms with E-state index in [0.717, 1.165) is 11.8 Å². The Balaban J connectivity index is 2.43. The first-order valence-electron chi connectivity index (χ1n) is 3.83. The molecule has 1 aromatic rings. The van der Waals surface area contributed by atoms with Gasteiger partial charge in [0.05, 0.1) is 0 Å². The van der Waals surface area contributed by atoms with Crippen LogP contribution in [0.2, 0.25) is 0 Å². The van der Waals surface area contributed by atoms with Crippen LogP contribution in [0.1, 0.15) is 15.9 Å². The molecule has 0 aromatic heterocycles. The first-order chi connectivity index (χ1) is 6.29. The van der Waals surface area contributed by atoms with Gasteiger partial charge in [-0.3, -0.25) is 4.79 Å². The summed E-state index contributed by atoms with van der Waals surface area (Å²) in [7, 11) is 0. The molecular formula is C9H7NO3. The molecule has 0 unspecified atom stereocenters. The predicted molar refractivity (Wildman–Crippen MR) is 44.7 cm³/mol. The molecule has 0 atom stereocenters. The highest BCUT2D eigenvalue weighted by Crippen LogP contribution is 2.22. The molecule has 0 aliphatic carbocycles. The quantitative estimate of drug-likeness (QED) is 0.653. The molecule has 0 spiro atoms. The first-order valence-corrected chi connectivity index (χ1v) is 3.83. The van der Waals surface area contributed by atoms with E-state index in [2.05, 4.69) is 5.32 Å². The molecule has 1 aliphatic rings. The van der Waals surface area contributed by atoms with E-state index in [9.17, 15) is 9.59 Å². The Morgan fingerprint density at radius 3 is 3.08 bits per heavy atom. The van der Waals surface area contributed by atoms with Crippen LogP contribution in [0.4, 0.5) is 4.79 Å². The Labute approximate surface area is 74.5 Å². The van der Waals surface area contributed by atoms with Crippen molar-refractivity contribution in [1.82, 2.24) is 5.32 Å². The summed E-state index contributed by atoms with van der Waals surface area (Å²) in [5.74, 6) is 0.466. The molecule has 1 heterocycles. The lowest BCUT2D eigenvalue weighted by molar-refractivity contribution is 0.112. The number of rotatable bonds is 1. The monoisotopic (exact) mass is 177 g/mol. The molecule has 0 saturated heterocycles. The minimum atomic E-state index is -0.476. The number of amides is 1. The van der Waals surface area contributed by atoms with E-state index in [1.54, 1.807) is 18.2 Å². The summed E-state index contributed by atoms with van der Waals surface area (Å²) in [5, 5.41) is 2.53. The number of hydrogen-bond donors (Lipinski definition) is 1. The highest BCUT2D eigenvalue weighted by molar-refractivity contribution is 5.78. The predicted octanol–water partition coefficient (Wildman–Crippen LogP) is 1.10. The van der Waals surface area contributed by atoms with Crippen molar-refractivity contribution in [3.63, 3.8) is 0 Å². The van der Waals surface area contributed by atoms with Crippen LogP contribution in [0.5, 0.6) is 5.75 Å². The van der Waals surface area contributed by atoms with Crippen LogP contribution in [0.3, 0.4) is 0 Å². The van der Waals surface area contributed by atoms with Gasteiger partial charge in [0.2, 0.25) is 0 Å². The number of benzene rings is 1. The summed E-state index contributed by atoms with van der Waals surface area (Å²) < 4.78 is 4.87. The number of nitrogens with one attached hydrogen (secondary N) is 1. The Bertz CT molecular complexity index is 373. The van der Waals surface area contributed by atoms with Crippen molar-refractivity contribution in [3.05, 3.63) is 29.3 Å². The zero-order valence-corrected chi connectivity index (χ0v) is 6.74. The van der Waals surface area contributed by atoms with E-state index in [1.807, 2.05) is 0 Å². The molecule has 2 rings (SSSR count). The molecule has 4 heteroatoms. The third-order valence-corrected chi connectivity index (χ3v) is 1.85. The molecule has 0 radical (unpaired) electrons. The van der Waals surface area contributed by atoms with Gasteiger partial charge in [0, 0.05) is 17.7 Å². The third kappa shape index (κ3) is 1.38. The van der Waals surface area contributed by atoms with Crippen molar-refractivity contribution in [3.8, 4) is 5.75 Å². The molecule has 0 bridgehead atoms. The highest BCUT2D eigenvalue weighted by atomic mass is 16.6. The minimum absolute atomic E-state index is 0.452. The normalized spacial score (nSPS) is 14.0. The van der Waals surface area contributed by atoms with E-state index in [0.29, 0.717) is 17.9 Å². The van der Waals surface area contributed by atoms with Crippen LogP contribution in [0.15, 0.2) is 18.2 Å². The lowest BCUT2D eigenvalue weighted by atomic mass is 10.1. The summed E-state index contributed by atoms with van der Waals surface area (Å²) in [6, 6.07) is 5.01. The van der Waals surface area contributed by atoms with E-state index < -0.39 is 6.09 Å². The smallest absolute Gasteiger partial charge is 0.410 e. The number of ether oxygens (including phenoxy) is 1. The largest absolute Gasteiger partial charge is 0.412 e. The van der Waals surface area contributed by atoms with Gasteiger partial charge in [-0.15, -0.1) is 0 Å². The average molecular weight is 177 g/mol. The zero-order valence-electron chi connectivity index (χ0n) is 6.74. The van der Waals surface area contributed by atoms with Gasteiger partial charge < -0.3 is 10.1 Å². The minimum Gasteiger partial charge on any atom is -0.410 e. The molecule has 1 amide bonds. The summed E-state index contributed by atoms with van der Waals surface area (Å²) >= 11 is 0. The number of carbonyl (C=O) groups excluding carboxylic acids is 2. The molecule has 1 aromatic carbocycles. The van der Waals surface area contributed by atoms with Gasteiger partial charge in [0.25, 0.3) is 0 Å². The van der Waals surface area contributed by atoms with Crippen molar-refractivity contribution >= 4 is 12.4 Å². The molecule has 0 fully saturated rings. The van der Waals surface area contributed by atoms with E-state index in [-0.39, 0.29) is 0 Å². The summed E-state index contributed by atoms with van der Waals surface area (Å²) in [5.41, 5.74) is 1.39. The van der Waals surface area contributed by atoms with Crippen molar-refractivity contribution < 1.29 is 14.3 Å². The molecule has 66 valence electrons. The lowest BCUT2D eigenvalue weighted by Crippen LogP contribution is -2.31. The van der Waals surface area contributed by atoms with Gasteiger partial charge in [0.1, 0.15) is 12.0 Å². The second-order valence-electron chi connectivity index (χ2n) is 2.73. The topological polar surface area (TPSA) is 55.4 Å². The van der Waals surface area contributed by atoms with Gasteiger partial charge in [-0.1, -0.05) is 12.1 Å².